The number of nitrogens with zero attached hydrogens (tertiary/aromatic N) is 2. The van der Waals surface area contributed by atoms with Crippen LogP contribution < -0.4 is 0 Å². The minimum atomic E-state index is -0.636. The largest absolute Gasteiger partial charge is 0.457 e. The van der Waals surface area contributed by atoms with Gasteiger partial charge in [0.1, 0.15) is 0 Å². The molecule has 0 aromatic rings. The Balaban J connectivity index is 3.46. The molecule has 0 bridgehead atoms. The van der Waals surface area contributed by atoms with E-state index in [0.29, 0.717) is 6.42 Å². The molecule has 0 spiro atoms. The molecule has 0 atom stereocenters. The maximum atomic E-state index is 10.7. The van der Waals surface area contributed by atoms with Gasteiger partial charge in [-0.05, 0) is 25.0 Å². The Labute approximate surface area is 96.2 Å². The normalized spacial score (nSPS) is 8.56. The zero-order chi connectivity index (χ0) is 12.1. The van der Waals surface area contributed by atoms with Crippen LogP contribution in [0.25, 0.3) is 5.53 Å². The van der Waals surface area contributed by atoms with Gasteiger partial charge >= 0.3 is 12.2 Å². The topological polar surface area (TPSA) is 62.7 Å². The highest BCUT2D eigenvalue weighted by Gasteiger charge is 2.00. The van der Waals surface area contributed by atoms with Gasteiger partial charge in [0.05, 0.1) is 6.61 Å². The van der Waals surface area contributed by atoms with Crippen molar-refractivity contribution in [1.29, 1.82) is 0 Å². The fraction of sp³-hybridized carbons (Fsp3) is 0.583. The highest BCUT2D eigenvalue weighted by atomic mass is 16.5. The van der Waals surface area contributed by atoms with Gasteiger partial charge in [-0.3, -0.25) is 0 Å². The molecule has 0 fully saturated rings. The minimum Gasteiger partial charge on any atom is -0.457 e. The fourth-order valence-corrected chi connectivity index (χ4v) is 1.05. The molecule has 4 heteroatoms. The molecule has 0 aromatic carbocycles. The molecule has 0 amide bonds. The SMILES string of the molecule is CCCCCC=C=CCCOC(=O)C=[N+]=[N-]. The lowest BCUT2D eigenvalue weighted by molar-refractivity contribution is -0.138. The van der Waals surface area contributed by atoms with Gasteiger partial charge < -0.3 is 10.3 Å². The van der Waals surface area contributed by atoms with Gasteiger partial charge in [0.2, 0.25) is 0 Å². The predicted molar refractivity (Wildman–Crippen MR) is 62.1 cm³/mol. The second-order valence-electron chi connectivity index (χ2n) is 3.27. The summed E-state index contributed by atoms with van der Waals surface area (Å²) in [4.78, 5) is 13.2. The van der Waals surface area contributed by atoms with Gasteiger partial charge in [-0.15, -0.1) is 5.73 Å². The molecule has 0 heterocycles. The number of ether oxygens (including phenoxy) is 1. The first kappa shape index (κ1) is 14.4. The number of hydrogen-bond donors (Lipinski definition) is 0. The second-order valence-corrected chi connectivity index (χ2v) is 3.27. The molecule has 16 heavy (non-hydrogen) atoms. The summed E-state index contributed by atoms with van der Waals surface area (Å²) in [5.74, 6) is -0.636. The maximum Gasteiger partial charge on any atom is 0.413 e. The monoisotopic (exact) mass is 222 g/mol. The molecule has 0 radical (unpaired) electrons. The third kappa shape index (κ3) is 10.5. The highest BCUT2D eigenvalue weighted by molar-refractivity contribution is 6.20. The molecule has 0 unspecified atom stereocenters. The van der Waals surface area contributed by atoms with Crippen molar-refractivity contribution in [3.05, 3.63) is 23.4 Å². The number of esters is 1. The van der Waals surface area contributed by atoms with Crippen LogP contribution in [0.15, 0.2) is 17.9 Å². The van der Waals surface area contributed by atoms with Crippen LogP contribution >= 0.6 is 0 Å². The summed E-state index contributed by atoms with van der Waals surface area (Å²) in [7, 11) is 0. The standard InChI is InChI=1S/C12H18N2O2/c1-2-3-4-5-6-7-8-9-10-16-12(15)11-14-13/h6,8,11H,2-5,9-10H2,1H3. The lowest BCUT2D eigenvalue weighted by Gasteiger charge is -1.93. The van der Waals surface area contributed by atoms with Crippen molar-refractivity contribution < 1.29 is 14.3 Å². The van der Waals surface area contributed by atoms with Gasteiger partial charge in [0.25, 0.3) is 0 Å². The van der Waals surface area contributed by atoms with Gasteiger partial charge in [-0.1, -0.05) is 19.8 Å². The molecule has 0 rings (SSSR count). The van der Waals surface area contributed by atoms with Crippen molar-refractivity contribution in [3.8, 4) is 0 Å². The van der Waals surface area contributed by atoms with Crippen LogP contribution in [0.4, 0.5) is 0 Å². The van der Waals surface area contributed by atoms with E-state index in [2.05, 4.69) is 17.4 Å². The molecule has 0 aliphatic heterocycles. The highest BCUT2D eigenvalue weighted by Crippen LogP contribution is 1.98. The lowest BCUT2D eigenvalue weighted by atomic mass is 10.2. The molecule has 4 nitrogen and oxygen atoms in total. The summed E-state index contributed by atoms with van der Waals surface area (Å²) in [6.45, 7) is 2.45. The van der Waals surface area contributed by atoms with Crippen LogP contribution in [-0.4, -0.2) is 23.6 Å². The number of hydrogen-bond acceptors (Lipinski definition) is 2. The van der Waals surface area contributed by atoms with Crippen molar-refractivity contribution in [3.63, 3.8) is 0 Å². The van der Waals surface area contributed by atoms with E-state index in [1.807, 2.05) is 12.2 Å². The summed E-state index contributed by atoms with van der Waals surface area (Å²) in [6.07, 6.45) is 9.87. The first-order valence-electron chi connectivity index (χ1n) is 5.54. The van der Waals surface area contributed by atoms with Crippen molar-refractivity contribution in [2.24, 2.45) is 0 Å². The quantitative estimate of drug-likeness (QED) is 0.158. The van der Waals surface area contributed by atoms with Crippen LogP contribution in [0, 0.1) is 0 Å². The minimum absolute atomic E-state index is 0.278. The van der Waals surface area contributed by atoms with Gasteiger partial charge in [-0.25, -0.2) is 4.79 Å². The first-order valence-corrected chi connectivity index (χ1v) is 5.54. The lowest BCUT2D eigenvalue weighted by Crippen LogP contribution is -2.06. The second kappa shape index (κ2) is 11.4. The Hall–Kier alpha value is -1.63. The van der Waals surface area contributed by atoms with Crippen LogP contribution in [0.3, 0.4) is 0 Å². The molecule has 88 valence electrons. The van der Waals surface area contributed by atoms with Gasteiger partial charge in [0.15, 0.2) is 0 Å². The molecule has 0 saturated heterocycles. The van der Waals surface area contributed by atoms with Crippen molar-refractivity contribution in [1.82, 2.24) is 0 Å². The van der Waals surface area contributed by atoms with Crippen LogP contribution in [-0.2, 0) is 9.53 Å². The van der Waals surface area contributed by atoms with Crippen molar-refractivity contribution in [2.75, 3.05) is 6.61 Å². The van der Waals surface area contributed by atoms with E-state index in [4.69, 9.17) is 10.3 Å². The van der Waals surface area contributed by atoms with E-state index in [1.54, 1.807) is 0 Å². The predicted octanol–water partition coefficient (Wildman–Crippen LogP) is 2.51. The van der Waals surface area contributed by atoms with Gasteiger partial charge in [0, 0.05) is 6.42 Å². The average molecular weight is 222 g/mol. The maximum absolute atomic E-state index is 10.7. The Morgan fingerprint density at radius 2 is 2.12 bits per heavy atom. The van der Waals surface area contributed by atoms with Crippen molar-refractivity contribution in [2.45, 2.75) is 39.0 Å². The Kier molecular flexibility index (Phi) is 10.3. The Morgan fingerprint density at radius 3 is 2.81 bits per heavy atom. The summed E-state index contributed by atoms with van der Waals surface area (Å²) in [6, 6.07) is 0. The number of rotatable bonds is 8. The van der Waals surface area contributed by atoms with Crippen LogP contribution in [0.2, 0.25) is 0 Å². The molecular weight excluding hydrogens is 204 g/mol. The van der Waals surface area contributed by atoms with Crippen LogP contribution in [0.1, 0.15) is 39.0 Å². The summed E-state index contributed by atoms with van der Waals surface area (Å²) >= 11 is 0. The third-order valence-electron chi connectivity index (χ3n) is 1.86. The fourth-order valence-electron chi connectivity index (χ4n) is 1.05. The first-order chi connectivity index (χ1) is 7.81. The Morgan fingerprint density at radius 1 is 1.38 bits per heavy atom. The van der Waals surface area contributed by atoms with Crippen molar-refractivity contribution >= 4 is 12.2 Å². The third-order valence-corrected chi connectivity index (χ3v) is 1.86. The van der Waals surface area contributed by atoms with E-state index >= 15 is 0 Å². The number of carbonyl (C=O) groups is 1. The summed E-state index contributed by atoms with van der Waals surface area (Å²) < 4.78 is 4.69. The van der Waals surface area contributed by atoms with Crippen LogP contribution in [0.5, 0.6) is 0 Å². The van der Waals surface area contributed by atoms with E-state index in [0.717, 1.165) is 12.6 Å². The summed E-state index contributed by atoms with van der Waals surface area (Å²) in [5, 5.41) is 0. The van der Waals surface area contributed by atoms with E-state index in [-0.39, 0.29) is 6.61 Å². The molecule has 0 aliphatic rings. The molecule has 0 aromatic heterocycles. The van der Waals surface area contributed by atoms with Gasteiger partial charge in [-0.2, -0.15) is 4.79 Å². The smallest absolute Gasteiger partial charge is 0.413 e. The molecule has 0 saturated carbocycles. The zero-order valence-electron chi connectivity index (χ0n) is 9.69. The summed E-state index contributed by atoms with van der Waals surface area (Å²) in [5.41, 5.74) is 11.0. The zero-order valence-corrected chi connectivity index (χ0v) is 9.69. The van der Waals surface area contributed by atoms with E-state index in [9.17, 15) is 4.79 Å². The molecular formula is C12H18N2O2. The average Bonchev–Trinajstić information content (AvgIpc) is 2.27. The van der Waals surface area contributed by atoms with E-state index in [1.165, 1.54) is 19.3 Å². The molecule has 0 aliphatic carbocycles. The Bertz CT molecular complexity index is 298. The molecule has 0 N–H and O–H groups in total. The number of carbonyl (C=O) groups excluding carboxylic acids is 1. The van der Waals surface area contributed by atoms with E-state index < -0.39 is 5.97 Å². The number of unbranched alkanes of at least 4 members (excludes halogenated alkanes) is 3.